The molecule has 3 N–H and O–H groups in total. The van der Waals surface area contributed by atoms with Gasteiger partial charge in [0, 0.05) is 22.8 Å². The second-order valence-electron chi connectivity index (χ2n) is 8.26. The SMILES string of the molecule is CNc1cccc2sc(C(=O)Nc3cc(C(C)(C)C)cc(NS(C)(=O)=O)c3OC)cc12. The van der Waals surface area contributed by atoms with E-state index in [0.29, 0.717) is 10.6 Å². The van der Waals surface area contributed by atoms with E-state index in [1.807, 2.05) is 58.2 Å². The van der Waals surface area contributed by atoms with Gasteiger partial charge in [-0.1, -0.05) is 26.8 Å². The van der Waals surface area contributed by atoms with E-state index in [9.17, 15) is 13.2 Å². The number of carbonyl (C=O) groups is 1. The molecule has 31 heavy (non-hydrogen) atoms. The first kappa shape index (κ1) is 22.9. The number of methoxy groups -OCH3 is 1. The van der Waals surface area contributed by atoms with E-state index in [2.05, 4.69) is 15.4 Å². The van der Waals surface area contributed by atoms with E-state index in [0.717, 1.165) is 27.6 Å². The quantitative estimate of drug-likeness (QED) is 0.486. The van der Waals surface area contributed by atoms with Crippen LogP contribution in [0.15, 0.2) is 36.4 Å². The molecule has 3 rings (SSSR count). The van der Waals surface area contributed by atoms with Crippen molar-refractivity contribution in [1.29, 1.82) is 0 Å². The zero-order chi connectivity index (χ0) is 23.0. The molecule has 0 aliphatic rings. The lowest BCUT2D eigenvalue weighted by Gasteiger charge is -2.23. The largest absolute Gasteiger partial charge is 0.492 e. The maximum Gasteiger partial charge on any atom is 0.265 e. The van der Waals surface area contributed by atoms with Crippen molar-refractivity contribution in [3.8, 4) is 5.75 Å². The van der Waals surface area contributed by atoms with Crippen molar-refractivity contribution in [2.75, 3.05) is 35.8 Å². The zero-order valence-electron chi connectivity index (χ0n) is 18.4. The molecule has 0 atom stereocenters. The van der Waals surface area contributed by atoms with Gasteiger partial charge in [0.1, 0.15) is 0 Å². The molecular weight excluding hydrogens is 434 g/mol. The maximum atomic E-state index is 13.1. The van der Waals surface area contributed by atoms with Crippen molar-refractivity contribution in [2.24, 2.45) is 0 Å². The molecule has 1 aromatic heterocycles. The number of fused-ring (bicyclic) bond motifs is 1. The first-order chi connectivity index (χ1) is 14.4. The average molecular weight is 462 g/mol. The van der Waals surface area contributed by atoms with Crippen molar-refractivity contribution < 1.29 is 17.9 Å². The average Bonchev–Trinajstić information content (AvgIpc) is 3.10. The molecule has 0 unspecified atom stereocenters. The van der Waals surface area contributed by atoms with Crippen LogP contribution in [0.25, 0.3) is 10.1 Å². The summed E-state index contributed by atoms with van der Waals surface area (Å²) in [5.74, 6) is -0.0401. The standard InChI is InChI=1S/C22H27N3O4S2/c1-22(2,3)13-10-16(20(29-5)17(11-13)25-31(6,27)28)24-21(26)19-12-14-15(23-4)8-7-9-18(14)30-19/h7-12,23,25H,1-6H3,(H,24,26). The zero-order valence-corrected chi connectivity index (χ0v) is 20.0. The van der Waals surface area contributed by atoms with Crippen LogP contribution >= 0.6 is 11.3 Å². The summed E-state index contributed by atoms with van der Waals surface area (Å²) in [6.07, 6.45) is 1.07. The molecule has 0 saturated heterocycles. The van der Waals surface area contributed by atoms with Gasteiger partial charge in [0.15, 0.2) is 5.75 Å². The lowest BCUT2D eigenvalue weighted by Crippen LogP contribution is -2.18. The number of rotatable bonds is 6. The van der Waals surface area contributed by atoms with Crippen LogP contribution in [0, 0.1) is 0 Å². The molecule has 1 heterocycles. The van der Waals surface area contributed by atoms with E-state index >= 15 is 0 Å². The lowest BCUT2D eigenvalue weighted by atomic mass is 9.86. The highest BCUT2D eigenvalue weighted by atomic mass is 32.2. The van der Waals surface area contributed by atoms with Gasteiger partial charge in [-0.2, -0.15) is 0 Å². The Bertz CT molecular complexity index is 1240. The highest BCUT2D eigenvalue weighted by molar-refractivity contribution is 7.92. The van der Waals surface area contributed by atoms with Gasteiger partial charge in [-0.15, -0.1) is 11.3 Å². The molecule has 3 aromatic rings. The Labute approximate surface area is 186 Å². The van der Waals surface area contributed by atoms with Gasteiger partial charge in [-0.3, -0.25) is 9.52 Å². The van der Waals surface area contributed by atoms with Crippen LogP contribution in [0.2, 0.25) is 0 Å². The topological polar surface area (TPSA) is 96.5 Å². The van der Waals surface area contributed by atoms with Crippen molar-refractivity contribution in [1.82, 2.24) is 0 Å². The van der Waals surface area contributed by atoms with E-state index in [4.69, 9.17) is 4.74 Å². The molecule has 0 saturated carbocycles. The Balaban J connectivity index is 2.07. The molecule has 0 aliphatic heterocycles. The molecule has 166 valence electrons. The van der Waals surface area contributed by atoms with E-state index in [-0.39, 0.29) is 22.8 Å². The molecule has 0 fully saturated rings. The highest BCUT2D eigenvalue weighted by Gasteiger charge is 2.23. The van der Waals surface area contributed by atoms with Gasteiger partial charge in [0.25, 0.3) is 5.91 Å². The number of hydrogen-bond donors (Lipinski definition) is 3. The molecule has 2 aromatic carbocycles. The first-order valence-electron chi connectivity index (χ1n) is 9.65. The molecule has 0 aliphatic carbocycles. The first-order valence-corrected chi connectivity index (χ1v) is 12.4. The summed E-state index contributed by atoms with van der Waals surface area (Å²) in [7, 11) is -0.265. The predicted molar refractivity (Wildman–Crippen MR) is 129 cm³/mol. The van der Waals surface area contributed by atoms with Crippen LogP contribution in [0.5, 0.6) is 5.75 Å². The molecule has 9 heteroatoms. The van der Waals surface area contributed by atoms with Crippen molar-refractivity contribution in [2.45, 2.75) is 26.2 Å². The third-order valence-electron chi connectivity index (χ3n) is 4.76. The number of nitrogens with one attached hydrogen (secondary N) is 3. The fraction of sp³-hybridized carbons (Fsp3) is 0.318. The summed E-state index contributed by atoms with van der Waals surface area (Å²) in [4.78, 5) is 13.6. The van der Waals surface area contributed by atoms with Crippen molar-refractivity contribution in [3.63, 3.8) is 0 Å². The Morgan fingerprint density at radius 2 is 1.74 bits per heavy atom. The minimum atomic E-state index is -3.54. The summed E-state index contributed by atoms with van der Waals surface area (Å²) in [5.41, 5.74) is 2.20. The summed E-state index contributed by atoms with van der Waals surface area (Å²) in [6.45, 7) is 6.03. The number of hydrogen-bond acceptors (Lipinski definition) is 6. The van der Waals surface area contributed by atoms with Crippen LogP contribution < -0.4 is 20.1 Å². The molecular formula is C22H27N3O4S2. The fourth-order valence-electron chi connectivity index (χ4n) is 3.22. The summed E-state index contributed by atoms with van der Waals surface area (Å²) in [6, 6.07) is 11.2. The Morgan fingerprint density at radius 3 is 2.32 bits per heavy atom. The number of ether oxygens (including phenoxy) is 1. The number of sulfonamides is 1. The second-order valence-corrected chi connectivity index (χ2v) is 11.1. The lowest BCUT2D eigenvalue weighted by molar-refractivity contribution is 0.103. The van der Waals surface area contributed by atoms with Gasteiger partial charge in [0.05, 0.1) is 29.6 Å². The van der Waals surface area contributed by atoms with Crippen LogP contribution in [0.1, 0.15) is 36.0 Å². The summed E-state index contributed by atoms with van der Waals surface area (Å²) < 4.78 is 32.7. The number of carbonyl (C=O) groups excluding carboxylic acids is 1. The highest BCUT2D eigenvalue weighted by Crippen LogP contribution is 2.40. The second kappa shape index (κ2) is 8.39. The normalized spacial score (nSPS) is 11.9. The van der Waals surface area contributed by atoms with E-state index in [1.165, 1.54) is 18.4 Å². The van der Waals surface area contributed by atoms with E-state index in [1.54, 1.807) is 6.07 Å². The number of anilines is 3. The molecule has 0 bridgehead atoms. The Hall–Kier alpha value is -2.78. The van der Waals surface area contributed by atoms with Crippen molar-refractivity contribution >= 4 is 54.4 Å². The molecule has 7 nitrogen and oxygen atoms in total. The van der Waals surface area contributed by atoms with Gasteiger partial charge in [-0.25, -0.2) is 8.42 Å². The third kappa shape index (κ3) is 5.11. The predicted octanol–water partition coefficient (Wildman–Crippen LogP) is 4.87. The molecule has 0 radical (unpaired) electrons. The van der Waals surface area contributed by atoms with Crippen LogP contribution in [0.3, 0.4) is 0 Å². The Kier molecular flexibility index (Phi) is 6.20. The van der Waals surface area contributed by atoms with Crippen LogP contribution in [-0.2, 0) is 15.4 Å². The monoisotopic (exact) mass is 461 g/mol. The third-order valence-corrected chi connectivity index (χ3v) is 6.45. The minimum Gasteiger partial charge on any atom is -0.492 e. The van der Waals surface area contributed by atoms with Gasteiger partial charge in [-0.05, 0) is 41.3 Å². The number of thiophene rings is 1. The van der Waals surface area contributed by atoms with Crippen LogP contribution in [-0.4, -0.2) is 34.7 Å². The number of benzene rings is 2. The van der Waals surface area contributed by atoms with Gasteiger partial charge in [0.2, 0.25) is 10.0 Å². The van der Waals surface area contributed by atoms with Gasteiger partial charge >= 0.3 is 0 Å². The van der Waals surface area contributed by atoms with Crippen LogP contribution in [0.4, 0.5) is 17.1 Å². The summed E-state index contributed by atoms with van der Waals surface area (Å²) >= 11 is 1.39. The van der Waals surface area contributed by atoms with E-state index < -0.39 is 10.0 Å². The van der Waals surface area contributed by atoms with Crippen molar-refractivity contribution in [3.05, 3.63) is 46.8 Å². The minimum absolute atomic E-state index is 0.254. The van der Waals surface area contributed by atoms with Gasteiger partial charge < -0.3 is 15.4 Å². The molecule has 1 amide bonds. The summed E-state index contributed by atoms with van der Waals surface area (Å²) in [5, 5.41) is 7.01. The molecule has 0 spiro atoms. The number of amides is 1. The fourth-order valence-corrected chi connectivity index (χ4v) is 4.76. The smallest absolute Gasteiger partial charge is 0.265 e. The Morgan fingerprint density at radius 1 is 1.06 bits per heavy atom. The maximum absolute atomic E-state index is 13.1.